The van der Waals surface area contributed by atoms with Crippen LogP contribution in [0.25, 0.3) is 0 Å². The number of para-hydroxylation sites is 2. The number of anilines is 1. The summed E-state index contributed by atoms with van der Waals surface area (Å²) in [7, 11) is 0. The predicted molar refractivity (Wildman–Crippen MR) is 91.6 cm³/mol. The van der Waals surface area contributed by atoms with Gasteiger partial charge in [-0.25, -0.2) is 9.18 Å². The van der Waals surface area contributed by atoms with Crippen molar-refractivity contribution in [2.75, 3.05) is 5.32 Å². The van der Waals surface area contributed by atoms with E-state index in [0.717, 1.165) is 0 Å². The van der Waals surface area contributed by atoms with E-state index in [-0.39, 0.29) is 12.4 Å². The smallest absolute Gasteiger partial charge is 0.345 e. The highest BCUT2D eigenvalue weighted by Crippen LogP contribution is 2.20. The van der Waals surface area contributed by atoms with Gasteiger partial charge >= 0.3 is 5.97 Å². The SMILES string of the molecule is O=C(Oc1ccccc1)c1ccccc1NCc1ccccc1F. The molecule has 0 bridgehead atoms. The summed E-state index contributed by atoms with van der Waals surface area (Å²) < 4.78 is 19.1. The third-order valence-corrected chi connectivity index (χ3v) is 3.53. The van der Waals surface area contributed by atoms with Gasteiger partial charge in [0.2, 0.25) is 0 Å². The van der Waals surface area contributed by atoms with E-state index in [1.165, 1.54) is 6.07 Å². The maximum Gasteiger partial charge on any atom is 0.345 e. The molecular weight excluding hydrogens is 305 g/mol. The van der Waals surface area contributed by atoms with Crippen LogP contribution in [-0.4, -0.2) is 5.97 Å². The van der Waals surface area contributed by atoms with Crippen molar-refractivity contribution >= 4 is 11.7 Å². The van der Waals surface area contributed by atoms with Gasteiger partial charge in [-0.05, 0) is 30.3 Å². The lowest BCUT2D eigenvalue weighted by molar-refractivity contribution is 0.0736. The van der Waals surface area contributed by atoms with Crippen LogP contribution >= 0.6 is 0 Å². The summed E-state index contributed by atoms with van der Waals surface area (Å²) in [5.41, 5.74) is 1.53. The first-order valence-electron chi connectivity index (χ1n) is 7.57. The van der Waals surface area contributed by atoms with Crippen LogP contribution in [0.15, 0.2) is 78.9 Å². The summed E-state index contributed by atoms with van der Waals surface area (Å²) in [5, 5.41) is 3.10. The minimum absolute atomic E-state index is 0.280. The third kappa shape index (κ3) is 3.79. The number of rotatable bonds is 5. The van der Waals surface area contributed by atoms with Crippen molar-refractivity contribution in [1.82, 2.24) is 0 Å². The second-order valence-corrected chi connectivity index (χ2v) is 5.19. The Bertz CT molecular complexity index is 834. The molecule has 0 aromatic heterocycles. The van der Waals surface area contributed by atoms with E-state index in [1.807, 2.05) is 12.1 Å². The van der Waals surface area contributed by atoms with Crippen molar-refractivity contribution in [3.8, 4) is 5.75 Å². The zero-order chi connectivity index (χ0) is 16.8. The monoisotopic (exact) mass is 321 g/mol. The Morgan fingerprint density at radius 3 is 2.33 bits per heavy atom. The highest BCUT2D eigenvalue weighted by Gasteiger charge is 2.13. The standard InChI is InChI=1S/C20H16FNO2/c21-18-12-6-4-8-15(18)14-22-19-13-7-5-11-17(19)20(23)24-16-9-2-1-3-10-16/h1-13,22H,14H2. The summed E-state index contributed by atoms with van der Waals surface area (Å²) in [4.78, 5) is 12.4. The molecule has 0 fully saturated rings. The second kappa shape index (κ2) is 7.42. The van der Waals surface area contributed by atoms with Crippen LogP contribution in [0.4, 0.5) is 10.1 Å². The average molecular weight is 321 g/mol. The van der Waals surface area contributed by atoms with Crippen LogP contribution in [0.1, 0.15) is 15.9 Å². The Morgan fingerprint density at radius 2 is 1.54 bits per heavy atom. The first-order chi connectivity index (χ1) is 11.7. The number of hydrogen-bond donors (Lipinski definition) is 1. The van der Waals surface area contributed by atoms with Crippen molar-refractivity contribution in [2.24, 2.45) is 0 Å². The molecular formula is C20H16FNO2. The summed E-state index contributed by atoms with van der Waals surface area (Å²) in [6, 6.07) is 22.4. The van der Waals surface area contributed by atoms with Gasteiger partial charge in [-0.1, -0.05) is 48.5 Å². The molecule has 0 aliphatic carbocycles. The lowest BCUT2D eigenvalue weighted by atomic mass is 10.1. The summed E-state index contributed by atoms with van der Waals surface area (Å²) in [6.07, 6.45) is 0. The first-order valence-corrected chi connectivity index (χ1v) is 7.57. The summed E-state index contributed by atoms with van der Waals surface area (Å²) >= 11 is 0. The Balaban J connectivity index is 1.75. The fourth-order valence-electron chi connectivity index (χ4n) is 2.30. The van der Waals surface area contributed by atoms with Gasteiger partial charge in [0.05, 0.1) is 5.56 Å². The van der Waals surface area contributed by atoms with E-state index in [1.54, 1.807) is 60.7 Å². The van der Waals surface area contributed by atoms with Gasteiger partial charge in [-0.2, -0.15) is 0 Å². The summed E-state index contributed by atoms with van der Waals surface area (Å²) in [6.45, 7) is 0.280. The zero-order valence-corrected chi connectivity index (χ0v) is 12.9. The third-order valence-electron chi connectivity index (χ3n) is 3.53. The van der Waals surface area contributed by atoms with E-state index < -0.39 is 5.97 Å². The molecule has 0 heterocycles. The predicted octanol–water partition coefficient (Wildman–Crippen LogP) is 4.66. The fraction of sp³-hybridized carbons (Fsp3) is 0.0500. The van der Waals surface area contributed by atoms with E-state index in [4.69, 9.17) is 4.74 Å². The van der Waals surface area contributed by atoms with Crippen molar-refractivity contribution < 1.29 is 13.9 Å². The largest absolute Gasteiger partial charge is 0.423 e. The Morgan fingerprint density at radius 1 is 0.875 bits per heavy atom. The highest BCUT2D eigenvalue weighted by molar-refractivity contribution is 5.96. The van der Waals surface area contributed by atoms with Gasteiger partial charge in [-0.15, -0.1) is 0 Å². The van der Waals surface area contributed by atoms with Crippen molar-refractivity contribution in [3.05, 3.63) is 95.8 Å². The number of halogens is 1. The van der Waals surface area contributed by atoms with Gasteiger partial charge in [0.15, 0.2) is 0 Å². The van der Waals surface area contributed by atoms with E-state index in [9.17, 15) is 9.18 Å². The normalized spacial score (nSPS) is 10.2. The molecule has 0 spiro atoms. The Hall–Kier alpha value is -3.14. The maximum absolute atomic E-state index is 13.7. The van der Waals surface area contributed by atoms with Crippen LogP contribution in [0.3, 0.4) is 0 Å². The van der Waals surface area contributed by atoms with Gasteiger partial charge in [-0.3, -0.25) is 0 Å². The Kier molecular flexibility index (Phi) is 4.87. The van der Waals surface area contributed by atoms with Crippen LogP contribution in [0.2, 0.25) is 0 Å². The van der Waals surface area contributed by atoms with Crippen LogP contribution in [-0.2, 0) is 6.54 Å². The summed E-state index contributed by atoms with van der Waals surface area (Å²) in [5.74, 6) is -0.265. The molecule has 24 heavy (non-hydrogen) atoms. The molecule has 0 saturated carbocycles. The number of benzene rings is 3. The second-order valence-electron chi connectivity index (χ2n) is 5.19. The Labute approximate surface area is 139 Å². The molecule has 0 atom stereocenters. The molecule has 1 N–H and O–H groups in total. The number of ether oxygens (including phenoxy) is 1. The quantitative estimate of drug-likeness (QED) is 0.549. The lowest BCUT2D eigenvalue weighted by Crippen LogP contribution is -2.12. The number of hydrogen-bond acceptors (Lipinski definition) is 3. The molecule has 3 aromatic rings. The van der Waals surface area contributed by atoms with Crippen LogP contribution in [0, 0.1) is 5.82 Å². The molecule has 0 aliphatic heterocycles. The molecule has 3 aromatic carbocycles. The van der Waals surface area contributed by atoms with E-state index >= 15 is 0 Å². The van der Waals surface area contributed by atoms with Crippen molar-refractivity contribution in [1.29, 1.82) is 0 Å². The van der Waals surface area contributed by atoms with E-state index in [2.05, 4.69) is 5.32 Å². The molecule has 0 saturated heterocycles. The maximum atomic E-state index is 13.7. The molecule has 3 nitrogen and oxygen atoms in total. The molecule has 0 aliphatic rings. The molecule has 0 radical (unpaired) electrons. The minimum Gasteiger partial charge on any atom is -0.423 e. The van der Waals surface area contributed by atoms with Gasteiger partial charge in [0.25, 0.3) is 0 Å². The van der Waals surface area contributed by atoms with Crippen LogP contribution < -0.4 is 10.1 Å². The molecule has 3 rings (SSSR count). The fourth-order valence-corrected chi connectivity index (χ4v) is 2.30. The lowest BCUT2D eigenvalue weighted by Gasteiger charge is -2.12. The number of esters is 1. The average Bonchev–Trinajstić information content (AvgIpc) is 2.62. The molecule has 0 unspecified atom stereocenters. The topological polar surface area (TPSA) is 38.3 Å². The molecule has 0 amide bonds. The van der Waals surface area contributed by atoms with Gasteiger partial charge in [0, 0.05) is 17.8 Å². The van der Waals surface area contributed by atoms with Crippen LogP contribution in [0.5, 0.6) is 5.75 Å². The first kappa shape index (κ1) is 15.7. The number of nitrogens with one attached hydrogen (secondary N) is 1. The highest BCUT2D eigenvalue weighted by atomic mass is 19.1. The minimum atomic E-state index is -0.460. The number of carbonyl (C=O) groups excluding carboxylic acids is 1. The molecule has 4 heteroatoms. The molecule has 120 valence electrons. The number of carbonyl (C=O) groups is 1. The van der Waals surface area contributed by atoms with Crippen molar-refractivity contribution in [2.45, 2.75) is 6.54 Å². The van der Waals surface area contributed by atoms with Gasteiger partial charge < -0.3 is 10.1 Å². The van der Waals surface area contributed by atoms with Crippen molar-refractivity contribution in [3.63, 3.8) is 0 Å². The van der Waals surface area contributed by atoms with E-state index in [0.29, 0.717) is 22.6 Å². The van der Waals surface area contributed by atoms with Gasteiger partial charge in [0.1, 0.15) is 11.6 Å². The zero-order valence-electron chi connectivity index (χ0n) is 12.9.